The number of methoxy groups -OCH3 is 1. The van der Waals surface area contributed by atoms with Crippen molar-refractivity contribution in [1.29, 1.82) is 0 Å². The van der Waals surface area contributed by atoms with Gasteiger partial charge in [0.1, 0.15) is 34.8 Å². The van der Waals surface area contributed by atoms with Crippen LogP contribution < -0.4 is 10.5 Å². The molecule has 2 heterocycles. The van der Waals surface area contributed by atoms with E-state index in [2.05, 4.69) is 15.0 Å². The number of fused-ring (bicyclic) bond motifs is 1. The van der Waals surface area contributed by atoms with Gasteiger partial charge in [0.05, 0.1) is 26.1 Å². The van der Waals surface area contributed by atoms with Crippen molar-refractivity contribution in [2.75, 3.05) is 32.8 Å². The number of carbonyl (C=O) groups is 2. The largest absolute Gasteiger partial charge is 0.510 e. The minimum absolute atomic E-state index is 0.0687. The molecule has 1 unspecified atom stereocenters. The van der Waals surface area contributed by atoms with Gasteiger partial charge in [-0.05, 0) is 82.6 Å². The maximum atomic E-state index is 13.7. The molecule has 0 amide bonds. The monoisotopic (exact) mass is 737 g/mol. The Morgan fingerprint density at radius 1 is 0.920 bits per heavy atom. The third-order valence-corrected chi connectivity index (χ3v) is 10.6. The van der Waals surface area contributed by atoms with Gasteiger partial charge in [-0.25, -0.2) is 19.6 Å². The maximum absolute atomic E-state index is 13.7. The number of hydrogen-bond acceptors (Lipinski definition) is 16. The Hall–Kier alpha value is -3.63. The van der Waals surface area contributed by atoms with Gasteiger partial charge in [-0.15, -0.1) is 0 Å². The smallest absolute Gasteiger partial charge is 0.497 e. The van der Waals surface area contributed by atoms with Crippen molar-refractivity contribution in [3.05, 3.63) is 30.6 Å². The lowest BCUT2D eigenvalue weighted by molar-refractivity contribution is -0.0458. The number of anilines is 1. The van der Waals surface area contributed by atoms with Gasteiger partial charge in [0, 0.05) is 4.90 Å². The molecule has 0 aliphatic heterocycles. The molecule has 2 N–H and O–H groups in total. The van der Waals surface area contributed by atoms with E-state index in [4.69, 9.17) is 43.2 Å². The van der Waals surface area contributed by atoms with Gasteiger partial charge in [0.15, 0.2) is 5.65 Å². The van der Waals surface area contributed by atoms with Crippen LogP contribution in [0.4, 0.5) is 15.5 Å². The van der Waals surface area contributed by atoms with E-state index in [1.165, 1.54) is 11.8 Å². The molecular formula is C32H44N5O11PS. The third kappa shape index (κ3) is 11.5. The van der Waals surface area contributed by atoms with Crippen LogP contribution in [0.2, 0.25) is 0 Å². The molecule has 0 spiro atoms. The number of imidazole rings is 1. The minimum atomic E-state index is -4.14. The number of nitrogens with zero attached hydrogens (tertiary/aromatic N) is 4. The van der Waals surface area contributed by atoms with Gasteiger partial charge < -0.3 is 38.7 Å². The van der Waals surface area contributed by atoms with E-state index in [1.807, 2.05) is 24.3 Å². The van der Waals surface area contributed by atoms with Crippen molar-refractivity contribution in [2.24, 2.45) is 0 Å². The molecule has 2 aliphatic carbocycles. The first-order valence-corrected chi connectivity index (χ1v) is 19.2. The second kappa shape index (κ2) is 18.6. The van der Waals surface area contributed by atoms with Crippen molar-refractivity contribution in [3.8, 4) is 5.75 Å². The number of nitrogen functional groups attached to an aromatic ring is 1. The highest BCUT2D eigenvalue weighted by atomic mass is 32.2. The van der Waals surface area contributed by atoms with Crippen molar-refractivity contribution in [3.63, 3.8) is 0 Å². The Labute approximate surface area is 294 Å². The lowest BCUT2D eigenvalue weighted by Crippen LogP contribution is -2.23. The zero-order valence-corrected chi connectivity index (χ0v) is 29.9. The summed E-state index contributed by atoms with van der Waals surface area (Å²) < 4.78 is 57.9. The van der Waals surface area contributed by atoms with Gasteiger partial charge in [-0.1, -0.05) is 24.6 Å². The number of nitrogens with two attached hydrogens (primary N) is 1. The Bertz CT molecular complexity index is 1560. The molecule has 1 aromatic carbocycles. The lowest BCUT2D eigenvalue weighted by atomic mass is 9.98. The number of carbonyl (C=O) groups excluding carboxylic acids is 2. The number of aromatic nitrogens is 4. The number of benzene rings is 1. The molecule has 2 fully saturated rings. The van der Waals surface area contributed by atoms with Crippen LogP contribution in [0, 0.1) is 0 Å². The molecule has 5 rings (SSSR count). The first-order valence-electron chi connectivity index (χ1n) is 16.7. The van der Waals surface area contributed by atoms with Crippen molar-refractivity contribution in [1.82, 2.24) is 19.5 Å². The number of rotatable bonds is 16. The minimum Gasteiger partial charge on any atom is -0.497 e. The van der Waals surface area contributed by atoms with Crippen molar-refractivity contribution < 1.29 is 51.6 Å². The summed E-state index contributed by atoms with van der Waals surface area (Å²) in [5.74, 6) is 0.800. The van der Waals surface area contributed by atoms with Gasteiger partial charge in [0.25, 0.3) is 0 Å². The zero-order valence-electron chi connectivity index (χ0n) is 28.2. The standard InChI is InChI=1S/C32H44N5O11PS/c1-22(17-37-18-34-27-28(37)35-30(33)36-29(27)50-26-15-13-23(41-2)14-16-26)44-21-49(40,45-19-42-31(38)47-24-9-5-3-6-10-24)46-20-43-32(39)48-25-11-7-4-8-12-25/h13-16,18,22,24-25H,3-12,17,19-21H2,1-2H3,(H2,33,35,36). The van der Waals surface area contributed by atoms with Crippen molar-refractivity contribution >= 4 is 48.8 Å². The Kier molecular flexibility index (Phi) is 14.0. The van der Waals surface area contributed by atoms with Crippen LogP contribution >= 0.6 is 19.4 Å². The van der Waals surface area contributed by atoms with Gasteiger partial charge in [0.2, 0.25) is 19.5 Å². The molecule has 2 aromatic heterocycles. The van der Waals surface area contributed by atoms with Crippen LogP contribution in [0.1, 0.15) is 71.1 Å². The van der Waals surface area contributed by atoms with E-state index >= 15 is 0 Å². The maximum Gasteiger partial charge on any atom is 0.510 e. The average molecular weight is 738 g/mol. The molecule has 18 heteroatoms. The molecule has 0 saturated heterocycles. The summed E-state index contributed by atoms with van der Waals surface area (Å²) in [5.41, 5.74) is 7.07. The van der Waals surface area contributed by atoms with Crippen LogP contribution in [0.15, 0.2) is 40.5 Å². The van der Waals surface area contributed by atoms with Crippen LogP contribution in [0.25, 0.3) is 11.2 Å². The summed E-state index contributed by atoms with van der Waals surface area (Å²) in [7, 11) is -2.54. The summed E-state index contributed by atoms with van der Waals surface area (Å²) >= 11 is 1.38. The topological polar surface area (TPSA) is 195 Å². The molecule has 50 heavy (non-hydrogen) atoms. The van der Waals surface area contributed by atoms with Gasteiger partial charge >= 0.3 is 19.9 Å². The Morgan fingerprint density at radius 3 is 2.06 bits per heavy atom. The molecule has 274 valence electrons. The van der Waals surface area contributed by atoms with E-state index in [1.54, 1.807) is 24.9 Å². The van der Waals surface area contributed by atoms with E-state index in [9.17, 15) is 14.2 Å². The lowest BCUT2D eigenvalue weighted by Gasteiger charge is -2.23. The van der Waals surface area contributed by atoms with E-state index in [0.29, 0.717) is 16.2 Å². The van der Waals surface area contributed by atoms with E-state index < -0.39 is 45.9 Å². The average Bonchev–Trinajstić information content (AvgIpc) is 3.50. The second-order valence-corrected chi connectivity index (χ2v) is 15.0. The fraction of sp³-hybridized carbons (Fsp3) is 0.594. The van der Waals surface area contributed by atoms with Crippen LogP contribution in [0.3, 0.4) is 0 Å². The van der Waals surface area contributed by atoms with E-state index in [0.717, 1.165) is 74.9 Å². The highest BCUT2D eigenvalue weighted by Crippen LogP contribution is 2.48. The quantitative estimate of drug-likeness (QED) is 0.0679. The molecule has 2 saturated carbocycles. The Balaban J connectivity index is 1.17. The summed E-state index contributed by atoms with van der Waals surface area (Å²) in [6.07, 6.45) is 7.18. The predicted octanol–water partition coefficient (Wildman–Crippen LogP) is 7.04. The molecule has 2 aliphatic rings. The predicted molar refractivity (Wildman–Crippen MR) is 181 cm³/mol. The first-order chi connectivity index (χ1) is 24.2. The molecule has 1 atom stereocenters. The van der Waals surface area contributed by atoms with Crippen LogP contribution in [-0.2, 0) is 43.8 Å². The van der Waals surface area contributed by atoms with Crippen molar-refractivity contribution in [2.45, 2.75) is 106 Å². The highest BCUT2D eigenvalue weighted by molar-refractivity contribution is 7.99. The summed E-state index contributed by atoms with van der Waals surface area (Å²) in [4.78, 5) is 38.6. The normalized spacial score (nSPS) is 16.5. The summed E-state index contributed by atoms with van der Waals surface area (Å²) in [5, 5.41) is 0.570. The zero-order chi connectivity index (χ0) is 35.3. The number of hydrogen-bond donors (Lipinski definition) is 1. The van der Waals surface area contributed by atoms with E-state index in [-0.39, 0.29) is 24.7 Å². The molecule has 16 nitrogen and oxygen atoms in total. The Morgan fingerprint density at radius 2 is 1.50 bits per heavy atom. The fourth-order valence-corrected chi connectivity index (χ4v) is 7.53. The van der Waals surface area contributed by atoms with Crippen LogP contribution in [0.5, 0.6) is 5.75 Å². The first kappa shape index (κ1) is 37.6. The van der Waals surface area contributed by atoms with Crippen LogP contribution in [-0.4, -0.2) is 77.2 Å². The molecule has 3 aromatic rings. The summed E-state index contributed by atoms with van der Waals surface area (Å²) in [6.45, 7) is 0.506. The fourth-order valence-electron chi connectivity index (χ4n) is 5.57. The van der Waals surface area contributed by atoms with Gasteiger partial charge in [-0.2, -0.15) is 4.98 Å². The second-order valence-electron chi connectivity index (χ2n) is 12.0. The third-order valence-electron chi connectivity index (χ3n) is 8.18. The summed E-state index contributed by atoms with van der Waals surface area (Å²) in [6, 6.07) is 7.49. The molecular weight excluding hydrogens is 693 g/mol. The molecule has 0 radical (unpaired) electrons. The molecule has 0 bridgehead atoms. The highest BCUT2D eigenvalue weighted by Gasteiger charge is 2.30. The number of ether oxygens (including phenoxy) is 6. The van der Waals surface area contributed by atoms with Gasteiger partial charge in [-0.3, -0.25) is 13.6 Å². The SMILES string of the molecule is COc1ccc(Sc2nc(N)nc3c2ncn3CC(C)OCP(=O)(OCOC(=O)OC2CCCCC2)OCOC(=O)OC2CCCCC2)cc1.